The molecule has 0 amide bonds. The summed E-state index contributed by atoms with van der Waals surface area (Å²) in [5.41, 5.74) is -0.715. The summed E-state index contributed by atoms with van der Waals surface area (Å²) in [5.74, 6) is 2.06. The Morgan fingerprint density at radius 3 is 2.33 bits per heavy atom. The number of ether oxygens (including phenoxy) is 1. The highest BCUT2D eigenvalue weighted by molar-refractivity contribution is 6.74. The molecule has 0 aliphatic rings. The molecule has 0 N–H and O–H groups in total. The summed E-state index contributed by atoms with van der Waals surface area (Å²) in [5, 5.41) is 0.0447. The number of rotatable bonds is 6. The molecule has 0 aromatic heterocycles. The highest BCUT2D eigenvalue weighted by Crippen LogP contribution is 2.37. The third-order valence-electron chi connectivity index (χ3n) is 4.23. The van der Waals surface area contributed by atoms with Crippen molar-refractivity contribution in [3.8, 4) is 5.75 Å². The van der Waals surface area contributed by atoms with E-state index in [0.717, 1.165) is 12.1 Å². The molecule has 0 fully saturated rings. The van der Waals surface area contributed by atoms with E-state index in [1.807, 2.05) is 19.9 Å². The molecule has 0 aliphatic carbocycles. The van der Waals surface area contributed by atoms with Gasteiger partial charge in [-0.2, -0.15) is 13.2 Å². The molecule has 0 spiro atoms. The molecule has 0 heterocycles. The van der Waals surface area contributed by atoms with Crippen LogP contribution < -0.4 is 4.74 Å². The minimum atomic E-state index is -4.38. The van der Waals surface area contributed by atoms with E-state index in [-0.39, 0.29) is 23.5 Å². The largest absolute Gasteiger partial charge is 0.491 e. The van der Waals surface area contributed by atoms with Gasteiger partial charge in [0.25, 0.3) is 0 Å². The highest BCUT2D eigenvalue weighted by atomic mass is 28.4. The second-order valence-electron chi connectivity index (χ2n) is 7.28. The van der Waals surface area contributed by atoms with Gasteiger partial charge in [0.1, 0.15) is 20.2 Å². The first-order valence-electron chi connectivity index (χ1n) is 7.97. The van der Waals surface area contributed by atoms with Crippen molar-refractivity contribution in [1.82, 2.24) is 0 Å². The van der Waals surface area contributed by atoms with Crippen LogP contribution in [0.3, 0.4) is 0 Å². The fourth-order valence-electron chi connectivity index (χ4n) is 1.84. The standard InChI is InChI=1S/C17H26BF3O2Si/c1-16(2,3)24(4,5)23-15(9-10-18)12-22-14-8-6-7-13(11-14)17(19,20)21/h6-11,15H,12,18H2,1-5H3/b10-9+/t15-/m1/s1. The first-order chi connectivity index (χ1) is 10.9. The summed E-state index contributed by atoms with van der Waals surface area (Å²) in [6.07, 6.45) is -2.78. The zero-order valence-corrected chi connectivity index (χ0v) is 16.2. The molecule has 1 atom stereocenters. The molecule has 0 aliphatic heterocycles. The maximum atomic E-state index is 12.8. The van der Waals surface area contributed by atoms with E-state index in [9.17, 15) is 13.2 Å². The van der Waals surface area contributed by atoms with E-state index in [2.05, 4.69) is 33.9 Å². The third-order valence-corrected chi connectivity index (χ3v) is 8.74. The highest BCUT2D eigenvalue weighted by Gasteiger charge is 2.39. The SMILES string of the molecule is B/C=C/[C@H](COc1cccc(C(F)(F)F)c1)O[Si](C)(C)C(C)(C)C. The van der Waals surface area contributed by atoms with Crippen LogP contribution in [0.5, 0.6) is 5.75 Å². The van der Waals surface area contributed by atoms with Crippen LogP contribution in [0.1, 0.15) is 26.3 Å². The Bertz CT molecular complexity index is 566. The van der Waals surface area contributed by atoms with Crippen LogP contribution >= 0.6 is 0 Å². The third kappa shape index (κ3) is 6.02. The summed E-state index contributed by atoms with van der Waals surface area (Å²) in [4.78, 5) is 0. The van der Waals surface area contributed by atoms with Gasteiger partial charge in [0.2, 0.25) is 0 Å². The van der Waals surface area contributed by atoms with Crippen molar-refractivity contribution >= 4 is 16.2 Å². The summed E-state index contributed by atoms with van der Waals surface area (Å²) < 4.78 is 50.1. The topological polar surface area (TPSA) is 18.5 Å². The molecule has 24 heavy (non-hydrogen) atoms. The molecule has 0 saturated heterocycles. The molecule has 1 aromatic carbocycles. The first kappa shape index (κ1) is 20.8. The number of halogens is 3. The van der Waals surface area contributed by atoms with Crippen molar-refractivity contribution in [2.45, 2.75) is 51.2 Å². The van der Waals surface area contributed by atoms with Crippen LogP contribution in [-0.4, -0.2) is 28.9 Å². The molecular weight excluding hydrogens is 332 g/mol. The molecule has 0 unspecified atom stereocenters. The van der Waals surface area contributed by atoms with Crippen molar-refractivity contribution in [2.75, 3.05) is 6.61 Å². The van der Waals surface area contributed by atoms with Crippen molar-refractivity contribution in [2.24, 2.45) is 0 Å². The Balaban J connectivity index is 2.81. The number of alkyl halides is 3. The van der Waals surface area contributed by atoms with E-state index in [0.29, 0.717) is 0 Å². The van der Waals surface area contributed by atoms with Crippen LogP contribution in [0, 0.1) is 0 Å². The minimum absolute atomic E-state index is 0.0447. The van der Waals surface area contributed by atoms with Gasteiger partial charge in [-0.1, -0.05) is 32.9 Å². The van der Waals surface area contributed by atoms with Gasteiger partial charge in [-0.3, -0.25) is 0 Å². The average molecular weight is 358 g/mol. The van der Waals surface area contributed by atoms with Crippen molar-refractivity contribution in [3.05, 3.63) is 41.9 Å². The van der Waals surface area contributed by atoms with Crippen molar-refractivity contribution in [1.29, 1.82) is 0 Å². The minimum Gasteiger partial charge on any atom is -0.491 e. The molecule has 0 bridgehead atoms. The molecule has 0 radical (unpaired) electrons. The van der Waals surface area contributed by atoms with E-state index < -0.39 is 20.1 Å². The van der Waals surface area contributed by atoms with Gasteiger partial charge >= 0.3 is 6.18 Å². The predicted molar refractivity (Wildman–Crippen MR) is 96.7 cm³/mol. The number of benzene rings is 1. The number of hydrogen-bond acceptors (Lipinski definition) is 2. The normalized spacial score (nSPS) is 14.8. The molecule has 0 saturated carbocycles. The Labute approximate surface area is 144 Å². The Morgan fingerprint density at radius 1 is 1.21 bits per heavy atom. The fraction of sp³-hybridized carbons (Fsp3) is 0.529. The molecular formula is C17H26BF3O2Si. The lowest BCUT2D eigenvalue weighted by molar-refractivity contribution is -0.137. The molecule has 134 valence electrons. The smallest absolute Gasteiger partial charge is 0.416 e. The van der Waals surface area contributed by atoms with Gasteiger partial charge in [-0.15, -0.1) is 5.98 Å². The number of hydrogen-bond donors (Lipinski definition) is 0. The summed E-state index contributed by atoms with van der Waals surface area (Å²) >= 11 is 0. The van der Waals surface area contributed by atoms with Gasteiger partial charge in [-0.05, 0) is 36.3 Å². The zero-order chi connectivity index (χ0) is 18.6. The predicted octanol–water partition coefficient (Wildman–Crippen LogP) is 4.62. The van der Waals surface area contributed by atoms with Gasteiger partial charge in [0, 0.05) is 0 Å². The lowest BCUT2D eigenvalue weighted by atomic mass is 10.1. The van der Waals surface area contributed by atoms with E-state index >= 15 is 0 Å². The summed E-state index contributed by atoms with van der Waals surface area (Å²) in [6, 6.07) is 4.91. The van der Waals surface area contributed by atoms with Crippen LogP contribution in [0.2, 0.25) is 18.1 Å². The molecule has 1 rings (SSSR count). The lowest BCUT2D eigenvalue weighted by Crippen LogP contribution is -2.44. The lowest BCUT2D eigenvalue weighted by Gasteiger charge is -2.38. The van der Waals surface area contributed by atoms with Gasteiger partial charge in [0.15, 0.2) is 8.32 Å². The van der Waals surface area contributed by atoms with Crippen LogP contribution in [0.4, 0.5) is 13.2 Å². The van der Waals surface area contributed by atoms with Crippen molar-refractivity contribution < 1.29 is 22.3 Å². The second kappa shape index (κ2) is 7.78. The summed E-state index contributed by atoms with van der Waals surface area (Å²) in [6.45, 7) is 10.9. The molecule has 2 nitrogen and oxygen atoms in total. The fourth-order valence-corrected chi connectivity index (χ4v) is 3.10. The Hall–Kier alpha value is -1.21. The Morgan fingerprint density at radius 2 is 1.83 bits per heavy atom. The van der Waals surface area contributed by atoms with Gasteiger partial charge in [0.05, 0.1) is 11.7 Å². The van der Waals surface area contributed by atoms with Gasteiger partial charge in [-0.25, -0.2) is 0 Å². The van der Waals surface area contributed by atoms with E-state index in [4.69, 9.17) is 9.16 Å². The van der Waals surface area contributed by atoms with E-state index in [1.165, 1.54) is 12.1 Å². The molecule has 1 aromatic rings. The van der Waals surface area contributed by atoms with Crippen LogP contribution in [0.25, 0.3) is 0 Å². The van der Waals surface area contributed by atoms with E-state index in [1.54, 1.807) is 0 Å². The monoisotopic (exact) mass is 358 g/mol. The quantitative estimate of drug-likeness (QED) is 0.691. The maximum absolute atomic E-state index is 12.8. The first-order valence-corrected chi connectivity index (χ1v) is 10.9. The maximum Gasteiger partial charge on any atom is 0.416 e. The second-order valence-corrected chi connectivity index (χ2v) is 12.0. The van der Waals surface area contributed by atoms with Crippen molar-refractivity contribution in [3.63, 3.8) is 0 Å². The molecule has 7 heteroatoms. The van der Waals surface area contributed by atoms with Crippen LogP contribution in [0.15, 0.2) is 36.3 Å². The van der Waals surface area contributed by atoms with Crippen LogP contribution in [-0.2, 0) is 10.6 Å². The Kier molecular flexibility index (Phi) is 6.76. The average Bonchev–Trinajstić information content (AvgIpc) is 2.43. The summed E-state index contributed by atoms with van der Waals surface area (Å²) in [7, 11) is -0.114. The van der Waals surface area contributed by atoms with Gasteiger partial charge < -0.3 is 9.16 Å². The zero-order valence-electron chi connectivity index (χ0n) is 15.2.